The van der Waals surface area contributed by atoms with E-state index >= 15 is 0 Å². The molecule has 1 aliphatic rings. The number of alkyl halides is 3. The predicted molar refractivity (Wildman–Crippen MR) is 121 cm³/mol. The quantitative estimate of drug-likeness (QED) is 0.466. The number of carbonyl (C=O) groups excluding carboxylic acids is 1. The number of hydrogen-bond donors (Lipinski definition) is 3. The van der Waals surface area contributed by atoms with E-state index in [1.807, 2.05) is 4.90 Å². The van der Waals surface area contributed by atoms with Crippen molar-refractivity contribution >= 4 is 22.9 Å². The molecular formula is C24H26F4N4O3. The van der Waals surface area contributed by atoms with Crippen molar-refractivity contribution in [3.05, 3.63) is 65.2 Å². The summed E-state index contributed by atoms with van der Waals surface area (Å²) in [6.45, 7) is 4.29. The van der Waals surface area contributed by atoms with E-state index in [2.05, 4.69) is 46.5 Å². The maximum atomic E-state index is 13.8. The van der Waals surface area contributed by atoms with E-state index in [-0.39, 0.29) is 17.8 Å². The summed E-state index contributed by atoms with van der Waals surface area (Å²) in [5, 5.41) is 10.6. The van der Waals surface area contributed by atoms with Gasteiger partial charge < -0.3 is 20.3 Å². The van der Waals surface area contributed by atoms with Crippen LogP contribution in [0.25, 0.3) is 11.0 Å². The third-order valence-corrected chi connectivity index (χ3v) is 5.65. The summed E-state index contributed by atoms with van der Waals surface area (Å²) >= 11 is 0. The number of amides is 1. The Morgan fingerprint density at radius 2 is 1.86 bits per heavy atom. The molecule has 7 nitrogen and oxygen atoms in total. The van der Waals surface area contributed by atoms with Gasteiger partial charge in [-0.3, -0.25) is 4.79 Å². The minimum absolute atomic E-state index is 0.109. The second-order valence-electron chi connectivity index (χ2n) is 8.06. The molecule has 2 heterocycles. The Morgan fingerprint density at radius 1 is 1.17 bits per heavy atom. The van der Waals surface area contributed by atoms with Gasteiger partial charge in [0.2, 0.25) is 5.91 Å². The van der Waals surface area contributed by atoms with Crippen molar-refractivity contribution in [3.8, 4) is 0 Å². The van der Waals surface area contributed by atoms with Crippen LogP contribution in [-0.2, 0) is 22.4 Å². The zero-order valence-corrected chi connectivity index (χ0v) is 19.0. The number of rotatable bonds is 5. The molecule has 3 N–H and O–H groups in total. The molecule has 0 radical (unpaired) electrons. The smallest absolute Gasteiger partial charge is 0.475 e. The lowest BCUT2D eigenvalue weighted by molar-refractivity contribution is -0.192. The number of fused-ring (bicyclic) bond motifs is 1. The molecule has 1 amide bonds. The van der Waals surface area contributed by atoms with Gasteiger partial charge in [0, 0.05) is 38.5 Å². The maximum Gasteiger partial charge on any atom is 0.490 e. The summed E-state index contributed by atoms with van der Waals surface area (Å²) in [5.41, 5.74) is 3.53. The molecule has 4 rings (SSSR count). The van der Waals surface area contributed by atoms with E-state index in [1.54, 1.807) is 12.1 Å². The number of hydrogen-bond acceptors (Lipinski definition) is 4. The number of nitrogens with one attached hydrogen (secondary N) is 2. The van der Waals surface area contributed by atoms with Crippen molar-refractivity contribution in [2.24, 2.45) is 0 Å². The Bertz CT molecular complexity index is 1160. The number of nitrogens with zero attached hydrogens (tertiary/aromatic N) is 2. The van der Waals surface area contributed by atoms with Crippen LogP contribution >= 0.6 is 0 Å². The van der Waals surface area contributed by atoms with Crippen molar-refractivity contribution < 1.29 is 32.3 Å². The van der Waals surface area contributed by atoms with Gasteiger partial charge in [-0.05, 0) is 29.7 Å². The molecule has 1 aliphatic heterocycles. The van der Waals surface area contributed by atoms with Gasteiger partial charge in [0.05, 0.1) is 5.52 Å². The van der Waals surface area contributed by atoms with Gasteiger partial charge in [-0.1, -0.05) is 37.3 Å². The number of carboxylic acids is 1. The van der Waals surface area contributed by atoms with E-state index in [0.717, 1.165) is 13.0 Å². The molecule has 0 spiro atoms. The molecule has 188 valence electrons. The summed E-state index contributed by atoms with van der Waals surface area (Å²) in [6.07, 6.45) is -3.22. The van der Waals surface area contributed by atoms with Crippen LogP contribution in [0.2, 0.25) is 0 Å². The van der Waals surface area contributed by atoms with E-state index in [1.165, 1.54) is 17.2 Å². The Balaban J connectivity index is 0.000000429. The highest BCUT2D eigenvalue weighted by Crippen LogP contribution is 2.20. The summed E-state index contributed by atoms with van der Waals surface area (Å²) in [7, 11) is 0. The average molecular weight is 494 g/mol. The van der Waals surface area contributed by atoms with Gasteiger partial charge >= 0.3 is 12.1 Å². The Morgan fingerprint density at radius 3 is 2.46 bits per heavy atom. The molecule has 1 atom stereocenters. The first-order valence-electron chi connectivity index (χ1n) is 11.1. The normalized spacial score (nSPS) is 16.0. The van der Waals surface area contributed by atoms with Gasteiger partial charge in [0.15, 0.2) is 5.82 Å². The fourth-order valence-corrected chi connectivity index (χ4v) is 3.74. The highest BCUT2D eigenvalue weighted by atomic mass is 19.4. The molecule has 3 aromatic rings. The average Bonchev–Trinajstić information content (AvgIpc) is 3.27. The number of para-hydroxylation sites is 1. The molecule has 1 fully saturated rings. The van der Waals surface area contributed by atoms with Crippen molar-refractivity contribution in [2.45, 2.75) is 38.4 Å². The molecular weight excluding hydrogens is 468 g/mol. The standard InChI is InChI=1S/C22H25FN4O.C2HF3O2/c1-2-15-6-8-16(9-7-15)19-14-27(13-12-24-19)21(28)11-10-20-25-18-5-3-4-17(23)22(18)26-20;3-2(4,5)1(6)7/h3-9,19,24H,2,10-14H2,1H3,(H,25,26);(H,6,7). The van der Waals surface area contributed by atoms with Crippen LogP contribution in [0.3, 0.4) is 0 Å². The molecule has 2 aromatic carbocycles. The number of H-pyrrole nitrogens is 1. The highest BCUT2D eigenvalue weighted by molar-refractivity contribution is 5.78. The molecule has 0 bridgehead atoms. The van der Waals surface area contributed by atoms with E-state index < -0.39 is 12.1 Å². The van der Waals surface area contributed by atoms with Crippen LogP contribution in [0.4, 0.5) is 17.6 Å². The topological polar surface area (TPSA) is 98.3 Å². The number of carbonyl (C=O) groups is 2. The summed E-state index contributed by atoms with van der Waals surface area (Å²) < 4.78 is 45.5. The van der Waals surface area contributed by atoms with E-state index in [0.29, 0.717) is 42.8 Å². The number of aryl methyl sites for hydroxylation is 2. The minimum Gasteiger partial charge on any atom is -0.475 e. The number of aromatic amines is 1. The number of piperazine rings is 1. The maximum absolute atomic E-state index is 13.8. The SMILES string of the molecule is CCc1ccc(C2CN(C(=O)CCc3nc4c(F)cccc4[nH]3)CCN2)cc1.O=C(O)C(F)(F)F. The summed E-state index contributed by atoms with van der Waals surface area (Å²) in [6, 6.07) is 13.6. The first-order valence-corrected chi connectivity index (χ1v) is 11.1. The van der Waals surface area contributed by atoms with Gasteiger partial charge in [-0.15, -0.1) is 0 Å². The monoisotopic (exact) mass is 494 g/mol. The Hall–Kier alpha value is -3.47. The zero-order valence-electron chi connectivity index (χ0n) is 19.0. The van der Waals surface area contributed by atoms with Crippen molar-refractivity contribution in [1.29, 1.82) is 0 Å². The molecule has 0 aliphatic carbocycles. The third-order valence-electron chi connectivity index (χ3n) is 5.65. The summed E-state index contributed by atoms with van der Waals surface area (Å²) in [4.78, 5) is 30.9. The highest BCUT2D eigenvalue weighted by Gasteiger charge is 2.38. The molecule has 1 saturated heterocycles. The van der Waals surface area contributed by atoms with Crippen LogP contribution in [0, 0.1) is 5.82 Å². The Labute approximate surface area is 199 Å². The molecule has 0 saturated carbocycles. The number of benzene rings is 2. The van der Waals surface area contributed by atoms with Crippen LogP contribution in [0.5, 0.6) is 0 Å². The summed E-state index contributed by atoms with van der Waals surface area (Å²) in [5.74, 6) is -2.34. The van der Waals surface area contributed by atoms with Gasteiger partial charge in [0.1, 0.15) is 11.3 Å². The van der Waals surface area contributed by atoms with Crippen LogP contribution < -0.4 is 5.32 Å². The first kappa shape index (κ1) is 26.1. The minimum atomic E-state index is -5.08. The number of imidazole rings is 1. The fourth-order valence-electron chi connectivity index (χ4n) is 3.74. The zero-order chi connectivity index (χ0) is 25.6. The van der Waals surface area contributed by atoms with E-state index in [9.17, 15) is 22.4 Å². The predicted octanol–water partition coefficient (Wildman–Crippen LogP) is 4.00. The lowest BCUT2D eigenvalue weighted by atomic mass is 10.0. The molecule has 1 unspecified atom stereocenters. The lowest BCUT2D eigenvalue weighted by Gasteiger charge is -2.34. The number of aromatic nitrogens is 2. The second-order valence-corrected chi connectivity index (χ2v) is 8.06. The van der Waals surface area contributed by atoms with E-state index in [4.69, 9.17) is 9.90 Å². The first-order chi connectivity index (χ1) is 16.6. The van der Waals surface area contributed by atoms with Gasteiger partial charge in [-0.2, -0.15) is 13.2 Å². The fraction of sp³-hybridized carbons (Fsp3) is 0.375. The Kier molecular flexibility index (Phi) is 8.44. The molecule has 1 aromatic heterocycles. The van der Waals surface area contributed by atoms with Crippen molar-refractivity contribution in [3.63, 3.8) is 0 Å². The van der Waals surface area contributed by atoms with Crippen molar-refractivity contribution in [2.75, 3.05) is 19.6 Å². The van der Waals surface area contributed by atoms with Gasteiger partial charge in [-0.25, -0.2) is 14.2 Å². The molecule has 11 heteroatoms. The second kappa shape index (κ2) is 11.3. The van der Waals surface area contributed by atoms with Crippen LogP contribution in [0.1, 0.15) is 36.3 Å². The van der Waals surface area contributed by atoms with Crippen LogP contribution in [-0.4, -0.2) is 57.7 Å². The van der Waals surface area contributed by atoms with Crippen LogP contribution in [0.15, 0.2) is 42.5 Å². The number of aliphatic carboxylic acids is 1. The van der Waals surface area contributed by atoms with Crippen molar-refractivity contribution in [1.82, 2.24) is 20.2 Å². The van der Waals surface area contributed by atoms with Gasteiger partial charge in [0.25, 0.3) is 0 Å². The largest absolute Gasteiger partial charge is 0.490 e. The molecule has 35 heavy (non-hydrogen) atoms. The number of halogens is 4. The third kappa shape index (κ3) is 7.01. The lowest BCUT2D eigenvalue weighted by Crippen LogP contribution is -2.48. The number of carboxylic acid groups (broad SMARTS) is 1.